The zero-order valence-electron chi connectivity index (χ0n) is 10.6. The lowest BCUT2D eigenvalue weighted by atomic mass is 10.0. The second-order valence-electron chi connectivity index (χ2n) is 4.44. The fourth-order valence-electron chi connectivity index (χ4n) is 1.51. The number of terminal acetylenes is 1. The van der Waals surface area contributed by atoms with Crippen LogP contribution in [0.25, 0.3) is 0 Å². The SMILES string of the molecule is C#CC(NC(=O)Cc1ccc(C#N)cc1)C(C)C. The van der Waals surface area contributed by atoms with Crippen molar-refractivity contribution < 1.29 is 4.79 Å². The smallest absolute Gasteiger partial charge is 0.225 e. The number of nitriles is 1. The standard InChI is InChI=1S/C15H16N2O/c1-4-14(11(2)3)17-15(18)9-12-5-7-13(10-16)8-6-12/h1,5-8,11,14H,9H2,2-3H3,(H,17,18). The van der Waals surface area contributed by atoms with E-state index in [1.807, 2.05) is 19.9 Å². The molecule has 1 unspecified atom stereocenters. The molecule has 3 nitrogen and oxygen atoms in total. The molecule has 0 saturated heterocycles. The second-order valence-corrected chi connectivity index (χ2v) is 4.44. The number of carbonyl (C=O) groups is 1. The van der Waals surface area contributed by atoms with Gasteiger partial charge in [-0.05, 0) is 23.6 Å². The molecular formula is C15H16N2O. The summed E-state index contributed by atoms with van der Waals surface area (Å²) in [5, 5.41) is 11.5. The van der Waals surface area contributed by atoms with Gasteiger partial charge in [-0.15, -0.1) is 6.42 Å². The Bertz CT molecular complexity index is 489. The quantitative estimate of drug-likeness (QED) is 0.817. The largest absolute Gasteiger partial charge is 0.342 e. The van der Waals surface area contributed by atoms with Gasteiger partial charge < -0.3 is 5.32 Å². The summed E-state index contributed by atoms with van der Waals surface area (Å²) in [5.74, 6) is 2.67. The van der Waals surface area contributed by atoms with E-state index < -0.39 is 0 Å². The number of hydrogen-bond acceptors (Lipinski definition) is 2. The Morgan fingerprint density at radius 2 is 2.00 bits per heavy atom. The predicted molar refractivity (Wildman–Crippen MR) is 70.5 cm³/mol. The summed E-state index contributed by atoms with van der Waals surface area (Å²) in [6.45, 7) is 3.93. The molecular weight excluding hydrogens is 224 g/mol. The van der Waals surface area contributed by atoms with Gasteiger partial charge in [-0.25, -0.2) is 0 Å². The fourth-order valence-corrected chi connectivity index (χ4v) is 1.51. The Balaban J connectivity index is 2.60. The van der Waals surface area contributed by atoms with E-state index in [0.29, 0.717) is 5.56 Å². The van der Waals surface area contributed by atoms with Crippen LogP contribution < -0.4 is 5.32 Å². The topological polar surface area (TPSA) is 52.9 Å². The third kappa shape index (κ3) is 3.96. The van der Waals surface area contributed by atoms with Crippen molar-refractivity contribution in [1.82, 2.24) is 5.32 Å². The minimum atomic E-state index is -0.240. The van der Waals surface area contributed by atoms with Gasteiger partial charge in [-0.3, -0.25) is 4.79 Å². The minimum Gasteiger partial charge on any atom is -0.342 e. The number of nitrogens with one attached hydrogen (secondary N) is 1. The number of amides is 1. The first-order chi connectivity index (χ1) is 8.56. The maximum atomic E-state index is 11.8. The van der Waals surface area contributed by atoms with Crippen molar-refractivity contribution in [2.75, 3.05) is 0 Å². The molecule has 0 radical (unpaired) electrons. The molecule has 0 spiro atoms. The summed E-state index contributed by atoms with van der Waals surface area (Å²) in [4.78, 5) is 11.8. The van der Waals surface area contributed by atoms with Crippen molar-refractivity contribution in [3.63, 3.8) is 0 Å². The Kier molecular flexibility index (Phi) is 4.96. The molecule has 0 fully saturated rings. The van der Waals surface area contributed by atoms with Crippen LogP contribution in [0.1, 0.15) is 25.0 Å². The molecule has 1 aromatic carbocycles. The predicted octanol–water partition coefficient (Wildman–Crippen LogP) is 1.87. The summed E-state index contributed by atoms with van der Waals surface area (Å²) in [6.07, 6.45) is 5.63. The first-order valence-electron chi connectivity index (χ1n) is 5.81. The minimum absolute atomic E-state index is 0.101. The third-order valence-electron chi connectivity index (χ3n) is 2.61. The molecule has 0 aliphatic heterocycles. The van der Waals surface area contributed by atoms with Crippen molar-refractivity contribution in [3.8, 4) is 18.4 Å². The molecule has 1 amide bonds. The summed E-state index contributed by atoms with van der Waals surface area (Å²) < 4.78 is 0. The van der Waals surface area contributed by atoms with E-state index in [1.165, 1.54) is 0 Å². The maximum Gasteiger partial charge on any atom is 0.225 e. The van der Waals surface area contributed by atoms with Gasteiger partial charge in [0.05, 0.1) is 24.1 Å². The van der Waals surface area contributed by atoms with E-state index >= 15 is 0 Å². The van der Waals surface area contributed by atoms with Gasteiger partial charge in [0.15, 0.2) is 0 Å². The molecule has 0 saturated carbocycles. The highest BCUT2D eigenvalue weighted by Crippen LogP contribution is 2.05. The Morgan fingerprint density at radius 1 is 1.39 bits per heavy atom. The second kappa shape index (κ2) is 6.47. The van der Waals surface area contributed by atoms with Crippen molar-refractivity contribution in [2.24, 2.45) is 5.92 Å². The van der Waals surface area contributed by atoms with E-state index in [4.69, 9.17) is 11.7 Å². The van der Waals surface area contributed by atoms with Crippen molar-refractivity contribution in [2.45, 2.75) is 26.3 Å². The van der Waals surface area contributed by atoms with Gasteiger partial charge in [0, 0.05) is 0 Å². The maximum absolute atomic E-state index is 11.8. The highest BCUT2D eigenvalue weighted by atomic mass is 16.1. The molecule has 92 valence electrons. The van der Waals surface area contributed by atoms with Gasteiger partial charge >= 0.3 is 0 Å². The third-order valence-corrected chi connectivity index (χ3v) is 2.61. The van der Waals surface area contributed by atoms with Crippen LogP contribution in [-0.4, -0.2) is 11.9 Å². The van der Waals surface area contributed by atoms with E-state index in [2.05, 4.69) is 11.2 Å². The molecule has 1 atom stereocenters. The summed E-state index contributed by atoms with van der Waals surface area (Å²) in [5.41, 5.74) is 1.45. The zero-order chi connectivity index (χ0) is 13.5. The van der Waals surface area contributed by atoms with Crippen molar-refractivity contribution in [3.05, 3.63) is 35.4 Å². The zero-order valence-corrected chi connectivity index (χ0v) is 10.6. The van der Waals surface area contributed by atoms with Gasteiger partial charge in [-0.1, -0.05) is 31.9 Å². The highest BCUT2D eigenvalue weighted by Gasteiger charge is 2.13. The van der Waals surface area contributed by atoms with Gasteiger partial charge in [0.25, 0.3) is 0 Å². The summed E-state index contributed by atoms with van der Waals surface area (Å²) in [7, 11) is 0. The Labute approximate surface area is 108 Å². The van der Waals surface area contributed by atoms with E-state index in [-0.39, 0.29) is 24.3 Å². The highest BCUT2D eigenvalue weighted by molar-refractivity contribution is 5.79. The van der Waals surface area contributed by atoms with Crippen LogP contribution in [-0.2, 0) is 11.2 Å². The van der Waals surface area contributed by atoms with Crippen LogP contribution in [0.15, 0.2) is 24.3 Å². The van der Waals surface area contributed by atoms with Crippen molar-refractivity contribution in [1.29, 1.82) is 5.26 Å². The molecule has 1 N–H and O–H groups in total. The average molecular weight is 240 g/mol. The molecule has 0 bridgehead atoms. The molecule has 3 heteroatoms. The monoisotopic (exact) mass is 240 g/mol. The molecule has 1 rings (SSSR count). The van der Waals surface area contributed by atoms with Gasteiger partial charge in [0.2, 0.25) is 5.91 Å². The van der Waals surface area contributed by atoms with Crippen molar-refractivity contribution >= 4 is 5.91 Å². The number of hydrogen-bond donors (Lipinski definition) is 1. The molecule has 1 aromatic rings. The summed E-state index contributed by atoms with van der Waals surface area (Å²) >= 11 is 0. The number of carbonyl (C=O) groups excluding carboxylic acids is 1. The lowest BCUT2D eigenvalue weighted by Crippen LogP contribution is -2.38. The van der Waals surface area contributed by atoms with Crippen LogP contribution in [0.4, 0.5) is 0 Å². The first-order valence-corrected chi connectivity index (χ1v) is 5.81. The normalized spacial score (nSPS) is 11.4. The van der Waals surface area contributed by atoms with Gasteiger partial charge in [-0.2, -0.15) is 5.26 Å². The Morgan fingerprint density at radius 3 is 2.44 bits per heavy atom. The Hall–Kier alpha value is -2.26. The van der Waals surface area contributed by atoms with Gasteiger partial charge in [0.1, 0.15) is 0 Å². The molecule has 0 aliphatic carbocycles. The lowest BCUT2D eigenvalue weighted by Gasteiger charge is -2.16. The van der Waals surface area contributed by atoms with E-state index in [0.717, 1.165) is 5.56 Å². The summed E-state index contributed by atoms with van der Waals surface area (Å²) in [6, 6.07) is 8.75. The van der Waals surface area contributed by atoms with Crippen LogP contribution in [0.5, 0.6) is 0 Å². The molecule has 0 heterocycles. The number of benzene rings is 1. The first kappa shape index (κ1) is 13.8. The van der Waals surface area contributed by atoms with E-state index in [9.17, 15) is 4.79 Å². The number of nitrogens with zero attached hydrogens (tertiary/aromatic N) is 1. The average Bonchev–Trinajstić information content (AvgIpc) is 2.36. The van der Waals surface area contributed by atoms with Crippen LogP contribution >= 0.6 is 0 Å². The molecule has 0 aliphatic rings. The lowest BCUT2D eigenvalue weighted by molar-refractivity contribution is -0.121. The van der Waals surface area contributed by atoms with Crippen LogP contribution in [0, 0.1) is 29.6 Å². The van der Waals surface area contributed by atoms with Crippen LogP contribution in [0.3, 0.4) is 0 Å². The fraction of sp³-hybridized carbons (Fsp3) is 0.333. The number of rotatable bonds is 4. The molecule has 18 heavy (non-hydrogen) atoms. The van der Waals surface area contributed by atoms with Crippen LogP contribution in [0.2, 0.25) is 0 Å². The van der Waals surface area contributed by atoms with E-state index in [1.54, 1.807) is 24.3 Å². The molecule has 0 aromatic heterocycles.